The number of aliphatic imine (C=N–C) groups is 1. The molecular formula is C33H46Br2N2NiP+. The third-order valence-corrected chi connectivity index (χ3v) is 9.91. The normalized spacial score (nSPS) is 12.6. The van der Waals surface area contributed by atoms with Gasteiger partial charge in [0.15, 0.2) is 5.84 Å². The van der Waals surface area contributed by atoms with Gasteiger partial charge in [-0.2, -0.15) is 0 Å². The fourth-order valence-electron chi connectivity index (χ4n) is 5.01. The summed E-state index contributed by atoms with van der Waals surface area (Å²) >= 11 is 6.00. The number of rotatable bonds is 6. The van der Waals surface area contributed by atoms with E-state index in [1.54, 1.807) is 0 Å². The van der Waals surface area contributed by atoms with E-state index in [9.17, 15) is 0 Å². The van der Waals surface area contributed by atoms with Gasteiger partial charge in [-0.25, -0.2) is 9.66 Å². The third kappa shape index (κ3) is 9.53. The zero-order valence-corrected chi connectivity index (χ0v) is 30.3. The van der Waals surface area contributed by atoms with Crippen molar-refractivity contribution in [2.24, 2.45) is 4.99 Å². The molecule has 2 nitrogen and oxygen atoms in total. The van der Waals surface area contributed by atoms with Crippen molar-refractivity contribution in [2.75, 3.05) is 4.67 Å². The number of anilines is 1. The van der Waals surface area contributed by atoms with E-state index in [0.29, 0.717) is 11.3 Å². The van der Waals surface area contributed by atoms with Crippen molar-refractivity contribution in [2.45, 2.75) is 91.4 Å². The monoisotopic (exact) mass is 717 g/mol. The molecule has 0 radical (unpaired) electrons. The molecule has 0 bridgehead atoms. The predicted octanol–water partition coefficient (Wildman–Crippen LogP) is 11.5. The van der Waals surface area contributed by atoms with Crippen LogP contribution in [0.15, 0.2) is 83.9 Å². The Morgan fingerprint density at radius 1 is 0.692 bits per heavy atom. The summed E-state index contributed by atoms with van der Waals surface area (Å²) in [5.41, 5.74) is 7.22. The molecule has 0 aliphatic carbocycles. The van der Waals surface area contributed by atoms with Crippen molar-refractivity contribution in [3.8, 4) is 0 Å². The SMILES string of the molecule is CC(C)[PH+](C(C)C)N(C(=Nc1ccccc1C(C)(C)C)c1ccccc1)c1ccccc1C(C)(C)C.[Br][Ni][Br]. The molecule has 0 amide bonds. The summed E-state index contributed by atoms with van der Waals surface area (Å²) in [5.74, 6) is 1.06. The summed E-state index contributed by atoms with van der Waals surface area (Å²) in [6.45, 7) is 23.3. The van der Waals surface area contributed by atoms with Gasteiger partial charge >= 0.3 is 39.3 Å². The summed E-state index contributed by atoms with van der Waals surface area (Å²) in [5, 5.41) is 0. The Morgan fingerprint density at radius 2 is 1.13 bits per heavy atom. The molecule has 0 aromatic heterocycles. The third-order valence-electron chi connectivity index (χ3n) is 6.58. The van der Waals surface area contributed by atoms with Crippen LogP contribution in [0.5, 0.6) is 0 Å². The molecule has 216 valence electrons. The van der Waals surface area contributed by atoms with Crippen molar-refractivity contribution in [1.29, 1.82) is 0 Å². The zero-order valence-electron chi connectivity index (χ0n) is 25.1. The summed E-state index contributed by atoms with van der Waals surface area (Å²) in [6, 6.07) is 28.4. The van der Waals surface area contributed by atoms with Gasteiger partial charge in [0.25, 0.3) is 0 Å². The van der Waals surface area contributed by atoms with Gasteiger partial charge in [0.05, 0.1) is 22.7 Å². The summed E-state index contributed by atoms with van der Waals surface area (Å²) in [6.07, 6.45) is 0. The van der Waals surface area contributed by atoms with E-state index in [-0.39, 0.29) is 10.8 Å². The minimum absolute atomic E-state index is 0.0000829. The number of benzene rings is 3. The number of hydrogen-bond acceptors (Lipinski definition) is 1. The Labute approximate surface area is 259 Å². The number of para-hydroxylation sites is 2. The first kappa shape index (κ1) is 34.2. The maximum atomic E-state index is 5.55. The van der Waals surface area contributed by atoms with E-state index in [2.05, 4.69) is 181 Å². The molecule has 0 spiro atoms. The topological polar surface area (TPSA) is 15.6 Å². The van der Waals surface area contributed by atoms with E-state index in [1.165, 1.54) is 27.7 Å². The molecule has 3 rings (SSSR count). The number of hydrogen-bond donors (Lipinski definition) is 0. The van der Waals surface area contributed by atoms with Crippen LogP contribution in [0, 0.1) is 0 Å². The van der Waals surface area contributed by atoms with Gasteiger partial charge in [-0.3, -0.25) is 0 Å². The molecule has 3 aromatic carbocycles. The first-order valence-corrected chi connectivity index (χ1v) is 20.0. The van der Waals surface area contributed by atoms with Crippen molar-refractivity contribution in [1.82, 2.24) is 0 Å². The van der Waals surface area contributed by atoms with E-state index in [0.717, 1.165) is 17.1 Å². The summed E-state index contributed by atoms with van der Waals surface area (Å²) in [7, 11) is 0.189. The second-order valence-electron chi connectivity index (χ2n) is 12.5. The Bertz CT molecular complexity index is 1190. The van der Waals surface area contributed by atoms with Gasteiger partial charge in [-0.1, -0.05) is 108 Å². The van der Waals surface area contributed by atoms with Crippen LogP contribution < -0.4 is 4.67 Å². The van der Waals surface area contributed by atoms with Crippen LogP contribution >= 0.6 is 36.5 Å². The molecule has 0 aliphatic heterocycles. The number of nitrogens with zero attached hydrogens (tertiary/aromatic N) is 2. The zero-order chi connectivity index (χ0) is 29.4. The molecule has 0 saturated heterocycles. The first-order chi connectivity index (χ1) is 18.2. The Kier molecular flexibility index (Phi) is 13.4. The molecule has 0 atom stereocenters. The van der Waals surface area contributed by atoms with Gasteiger partial charge in [-0.05, 0) is 61.8 Å². The quantitative estimate of drug-likeness (QED) is 0.107. The second-order valence-corrected chi connectivity index (χ2v) is 21.0. The van der Waals surface area contributed by atoms with Crippen LogP contribution in [-0.2, 0) is 21.7 Å². The van der Waals surface area contributed by atoms with E-state index >= 15 is 0 Å². The molecule has 6 heteroatoms. The molecule has 39 heavy (non-hydrogen) atoms. The predicted molar refractivity (Wildman–Crippen MR) is 182 cm³/mol. The summed E-state index contributed by atoms with van der Waals surface area (Å²) in [4.78, 5) is 5.55. The van der Waals surface area contributed by atoms with Crippen LogP contribution in [0.3, 0.4) is 0 Å². The van der Waals surface area contributed by atoms with Crippen LogP contribution in [0.4, 0.5) is 11.4 Å². The standard InChI is InChI=1S/C33H45N2P.2BrH.Ni/c1-24(2)36(25(3)4)35(30-23-17-15-21-28(30)33(8,9)10)31(26-18-12-11-13-19-26)34-29-22-16-14-20-27(29)32(5,6)7;;;/h11-25H,1-10H3;2*1H;/q;;;+2/p-1. The van der Waals surface area contributed by atoms with Crippen LogP contribution in [0.2, 0.25) is 0 Å². The molecule has 0 aliphatic rings. The van der Waals surface area contributed by atoms with Gasteiger partial charge in [-0.15, -0.1) is 0 Å². The Hall–Kier alpha value is -0.986. The number of halogens is 2. The van der Waals surface area contributed by atoms with Gasteiger partial charge < -0.3 is 0 Å². The van der Waals surface area contributed by atoms with Crippen molar-refractivity contribution < 1.29 is 10.9 Å². The van der Waals surface area contributed by atoms with Crippen LogP contribution in [0.25, 0.3) is 0 Å². The average molecular weight is 720 g/mol. The molecule has 0 saturated carbocycles. The molecule has 3 aromatic rings. The fourth-order valence-corrected chi connectivity index (χ4v) is 8.27. The van der Waals surface area contributed by atoms with Crippen LogP contribution in [0.1, 0.15) is 85.9 Å². The van der Waals surface area contributed by atoms with Crippen LogP contribution in [-0.4, -0.2) is 17.2 Å². The minimum atomic E-state index is -1.06. The van der Waals surface area contributed by atoms with E-state index in [4.69, 9.17) is 4.99 Å². The van der Waals surface area contributed by atoms with Crippen molar-refractivity contribution in [3.63, 3.8) is 0 Å². The first-order valence-electron chi connectivity index (χ1n) is 13.6. The molecule has 0 heterocycles. The van der Waals surface area contributed by atoms with Gasteiger partial charge in [0, 0.05) is 5.56 Å². The summed E-state index contributed by atoms with van der Waals surface area (Å²) < 4.78 is 2.65. The molecule has 0 unspecified atom stereocenters. The fraction of sp³-hybridized carbons (Fsp3) is 0.424. The number of amidine groups is 1. The molecule has 0 fully saturated rings. The Morgan fingerprint density at radius 3 is 1.62 bits per heavy atom. The van der Waals surface area contributed by atoms with Crippen molar-refractivity contribution >= 4 is 53.7 Å². The van der Waals surface area contributed by atoms with E-state index < -0.39 is 8.07 Å². The Balaban J connectivity index is 0.00000170. The maximum absolute atomic E-state index is 5.55. The molecule has 0 N–H and O–H groups in total. The molecular weight excluding hydrogens is 674 g/mol. The van der Waals surface area contributed by atoms with Gasteiger partial charge in [0.1, 0.15) is 8.07 Å². The second kappa shape index (κ2) is 15.3. The van der Waals surface area contributed by atoms with E-state index in [1.807, 2.05) is 0 Å². The van der Waals surface area contributed by atoms with Crippen molar-refractivity contribution in [3.05, 3.63) is 95.6 Å². The van der Waals surface area contributed by atoms with Gasteiger partial charge in [0.2, 0.25) is 0 Å². The average Bonchev–Trinajstić information content (AvgIpc) is 2.85.